The van der Waals surface area contributed by atoms with Gasteiger partial charge in [0.2, 0.25) is 0 Å². The molecule has 2 unspecified atom stereocenters. The van der Waals surface area contributed by atoms with Gasteiger partial charge in [0.1, 0.15) is 5.65 Å². The number of nitrogens with zero attached hydrogens (tertiary/aromatic N) is 3. The van der Waals surface area contributed by atoms with Crippen LogP contribution in [0.4, 0.5) is 5.82 Å². The Morgan fingerprint density at radius 2 is 2.03 bits per heavy atom. The van der Waals surface area contributed by atoms with Gasteiger partial charge in [0.25, 0.3) is 0 Å². The fourth-order valence-electron chi connectivity index (χ4n) is 7.54. The molecule has 1 aliphatic heterocycles. The topological polar surface area (TPSA) is 134 Å². The van der Waals surface area contributed by atoms with Gasteiger partial charge in [0, 0.05) is 30.9 Å². The van der Waals surface area contributed by atoms with Gasteiger partial charge in [-0.1, -0.05) is 0 Å². The smallest absolute Gasteiger partial charge is 0.314 e. The van der Waals surface area contributed by atoms with E-state index in [2.05, 4.69) is 25.3 Å². The monoisotopic (exact) mass is 478 g/mol. The summed E-state index contributed by atoms with van der Waals surface area (Å²) in [6.07, 6.45) is 10.1. The molecule has 3 aromatic rings. The van der Waals surface area contributed by atoms with Crippen molar-refractivity contribution in [3.8, 4) is 0 Å². The van der Waals surface area contributed by atoms with E-state index in [9.17, 15) is 14.7 Å². The second-order valence-electron chi connectivity index (χ2n) is 11.0. The summed E-state index contributed by atoms with van der Waals surface area (Å²) in [5.74, 6) is 0.167. The first-order chi connectivity index (χ1) is 17.0. The van der Waals surface area contributed by atoms with Crippen molar-refractivity contribution >= 4 is 39.6 Å². The molecular formula is C25H30N6O4. The van der Waals surface area contributed by atoms with Crippen molar-refractivity contribution in [1.29, 1.82) is 0 Å². The van der Waals surface area contributed by atoms with Crippen LogP contribution in [-0.4, -0.2) is 61.5 Å². The average Bonchev–Trinajstić information content (AvgIpc) is 3.56. The number of carbonyl (C=O) groups excluding carboxylic acids is 2. The van der Waals surface area contributed by atoms with Gasteiger partial charge in [-0.05, 0) is 68.8 Å². The number of anilines is 1. The highest BCUT2D eigenvalue weighted by Crippen LogP contribution is 2.60. The van der Waals surface area contributed by atoms with E-state index < -0.39 is 17.4 Å². The second-order valence-corrected chi connectivity index (χ2v) is 11.0. The van der Waals surface area contributed by atoms with Crippen molar-refractivity contribution < 1.29 is 19.4 Å². The maximum atomic E-state index is 12.8. The largest absolute Gasteiger partial charge is 0.390 e. The highest BCUT2D eigenvalue weighted by atomic mass is 16.5. The Labute approximate surface area is 201 Å². The SMILES string of the molecule is O=C(NCC1CCCO1)C(=O)Nc1nn([C@H]2[C@@H]3CC4C[C@H]2C[C@@](O)(C4)C3)c2c1cnc1[nH]ccc12. The maximum absolute atomic E-state index is 12.8. The molecule has 10 heteroatoms. The quantitative estimate of drug-likeness (QED) is 0.425. The number of amides is 2. The van der Waals surface area contributed by atoms with Crippen LogP contribution in [0, 0.1) is 17.8 Å². The number of pyridine rings is 1. The van der Waals surface area contributed by atoms with Crippen LogP contribution < -0.4 is 10.6 Å². The first-order valence-corrected chi connectivity index (χ1v) is 12.7. The molecule has 3 aromatic heterocycles. The first-order valence-electron chi connectivity index (χ1n) is 12.7. The summed E-state index contributed by atoms with van der Waals surface area (Å²) in [4.78, 5) is 33.0. The van der Waals surface area contributed by atoms with E-state index in [1.54, 1.807) is 6.20 Å². The highest BCUT2D eigenvalue weighted by molar-refractivity contribution is 6.40. The lowest BCUT2D eigenvalue weighted by molar-refractivity contribution is -0.148. The Kier molecular flexibility index (Phi) is 4.73. The van der Waals surface area contributed by atoms with Crippen LogP contribution >= 0.6 is 0 Å². The molecule has 1 saturated heterocycles. The van der Waals surface area contributed by atoms with E-state index in [-0.39, 0.29) is 12.1 Å². The van der Waals surface area contributed by atoms with E-state index in [1.807, 2.05) is 12.3 Å². The van der Waals surface area contributed by atoms with E-state index >= 15 is 0 Å². The van der Waals surface area contributed by atoms with Gasteiger partial charge in [0.05, 0.1) is 28.6 Å². The first kappa shape index (κ1) is 21.3. The van der Waals surface area contributed by atoms with Gasteiger partial charge >= 0.3 is 11.8 Å². The van der Waals surface area contributed by atoms with Gasteiger partial charge in [-0.2, -0.15) is 5.10 Å². The van der Waals surface area contributed by atoms with E-state index in [0.717, 1.165) is 61.5 Å². The van der Waals surface area contributed by atoms with Crippen molar-refractivity contribution in [3.05, 3.63) is 18.5 Å². The van der Waals surface area contributed by atoms with Gasteiger partial charge in [-0.3, -0.25) is 14.3 Å². The molecule has 4 N–H and O–H groups in total. The molecule has 4 bridgehead atoms. The Bertz CT molecular complexity index is 1310. The molecule has 2 amide bonds. The number of fused-ring (bicyclic) bond motifs is 3. The number of aliphatic hydroxyl groups is 1. The summed E-state index contributed by atoms with van der Waals surface area (Å²) in [6.45, 7) is 1.01. The van der Waals surface area contributed by atoms with Gasteiger partial charge in [-0.25, -0.2) is 4.98 Å². The molecule has 184 valence electrons. The number of rotatable bonds is 4. The third kappa shape index (κ3) is 3.45. The van der Waals surface area contributed by atoms with Gasteiger partial charge < -0.3 is 25.5 Å². The van der Waals surface area contributed by atoms with Crippen molar-refractivity contribution in [1.82, 2.24) is 25.1 Å². The second kappa shape index (κ2) is 7.76. The van der Waals surface area contributed by atoms with Crippen molar-refractivity contribution in [3.63, 3.8) is 0 Å². The number of ether oxygens (including phenoxy) is 1. The number of aromatic amines is 1. The van der Waals surface area contributed by atoms with Crippen LogP contribution in [0.3, 0.4) is 0 Å². The van der Waals surface area contributed by atoms with Crippen molar-refractivity contribution in [2.45, 2.75) is 62.7 Å². The molecule has 8 rings (SSSR count). The van der Waals surface area contributed by atoms with Gasteiger partial charge in [0.15, 0.2) is 5.82 Å². The summed E-state index contributed by atoms with van der Waals surface area (Å²) in [7, 11) is 0. The Balaban J connectivity index is 1.22. The third-order valence-electron chi connectivity index (χ3n) is 8.68. The number of H-pyrrole nitrogens is 1. The molecule has 5 fully saturated rings. The van der Waals surface area contributed by atoms with Crippen LogP contribution in [0.25, 0.3) is 21.9 Å². The molecule has 4 aliphatic carbocycles. The summed E-state index contributed by atoms with van der Waals surface area (Å²) < 4.78 is 7.58. The molecule has 4 heterocycles. The van der Waals surface area contributed by atoms with E-state index in [0.29, 0.717) is 42.1 Å². The lowest BCUT2D eigenvalue weighted by atomic mass is 9.52. The van der Waals surface area contributed by atoms with Crippen LogP contribution in [0.15, 0.2) is 18.5 Å². The van der Waals surface area contributed by atoms with Gasteiger partial charge in [-0.15, -0.1) is 0 Å². The zero-order valence-corrected chi connectivity index (χ0v) is 19.5. The number of carbonyl (C=O) groups is 2. The van der Waals surface area contributed by atoms with Crippen LogP contribution in [-0.2, 0) is 14.3 Å². The fourth-order valence-corrected chi connectivity index (χ4v) is 7.54. The standard InChI is InChI=1S/C25H30N6O4/c32-23(28-11-16-2-1-5-35-16)24(33)29-22-18-12-27-21-17(3-4-26-21)20(18)31(30-22)19-14-6-13-7-15(19)10-25(34,8-13)9-14/h3-4,12-16,19,34H,1-2,5-11H2,(H,26,27)(H,28,32)(H,29,30,33)/t13?,14-,15+,16?,19+,25-. The van der Waals surface area contributed by atoms with Crippen molar-refractivity contribution in [2.24, 2.45) is 17.8 Å². The van der Waals surface area contributed by atoms with Crippen molar-refractivity contribution in [2.75, 3.05) is 18.5 Å². The molecule has 0 radical (unpaired) electrons. The molecule has 10 nitrogen and oxygen atoms in total. The zero-order valence-electron chi connectivity index (χ0n) is 19.5. The highest BCUT2D eigenvalue weighted by Gasteiger charge is 2.55. The van der Waals surface area contributed by atoms with Crippen LogP contribution in [0.2, 0.25) is 0 Å². The molecule has 4 saturated carbocycles. The minimum absolute atomic E-state index is 0.0374. The number of hydrogen-bond acceptors (Lipinski definition) is 6. The summed E-state index contributed by atoms with van der Waals surface area (Å²) in [6, 6.07) is 2.13. The minimum Gasteiger partial charge on any atom is -0.390 e. The molecular weight excluding hydrogens is 448 g/mol. The summed E-state index contributed by atoms with van der Waals surface area (Å²) in [5.41, 5.74) is 1.13. The minimum atomic E-state index is -0.747. The molecule has 6 atom stereocenters. The Hall–Kier alpha value is -2.98. The number of hydrogen-bond donors (Lipinski definition) is 4. The lowest BCUT2D eigenvalue weighted by Crippen LogP contribution is -2.55. The Morgan fingerprint density at radius 3 is 2.77 bits per heavy atom. The molecule has 5 aliphatic rings. The Morgan fingerprint density at radius 1 is 1.20 bits per heavy atom. The van der Waals surface area contributed by atoms with E-state index in [1.165, 1.54) is 0 Å². The summed E-state index contributed by atoms with van der Waals surface area (Å²) in [5, 5.41) is 23.0. The number of aromatic nitrogens is 4. The van der Waals surface area contributed by atoms with Crippen LogP contribution in [0.1, 0.15) is 51.0 Å². The maximum Gasteiger partial charge on any atom is 0.314 e. The predicted octanol–water partition coefficient (Wildman–Crippen LogP) is 2.26. The van der Waals surface area contributed by atoms with Crippen LogP contribution in [0.5, 0.6) is 0 Å². The molecule has 0 aromatic carbocycles. The normalized spacial score (nSPS) is 33.6. The average molecular weight is 479 g/mol. The van der Waals surface area contributed by atoms with E-state index in [4.69, 9.17) is 9.84 Å². The third-order valence-corrected chi connectivity index (χ3v) is 8.68. The summed E-state index contributed by atoms with van der Waals surface area (Å²) >= 11 is 0. The number of nitrogens with one attached hydrogen (secondary N) is 3. The molecule has 35 heavy (non-hydrogen) atoms. The molecule has 0 spiro atoms. The lowest BCUT2D eigenvalue weighted by Gasteiger charge is -2.57. The predicted molar refractivity (Wildman–Crippen MR) is 128 cm³/mol. The zero-order chi connectivity index (χ0) is 23.7. The fraction of sp³-hybridized carbons (Fsp3) is 0.600.